The molecule has 0 radical (unpaired) electrons. The van der Waals surface area contributed by atoms with E-state index in [-0.39, 0.29) is 29.7 Å². The summed E-state index contributed by atoms with van der Waals surface area (Å²) in [6.45, 7) is -0.0580. The Morgan fingerprint density at radius 3 is 2.63 bits per heavy atom. The molecule has 0 atom stereocenters. The van der Waals surface area contributed by atoms with E-state index >= 15 is 0 Å². The summed E-state index contributed by atoms with van der Waals surface area (Å²) in [6.07, 6.45) is 5.95. The van der Waals surface area contributed by atoms with E-state index in [0.29, 0.717) is 24.1 Å². The number of alkyl halides is 2. The van der Waals surface area contributed by atoms with Crippen LogP contribution in [-0.2, 0) is 6.42 Å². The van der Waals surface area contributed by atoms with Crippen molar-refractivity contribution in [3.8, 4) is 11.5 Å². The van der Waals surface area contributed by atoms with Crippen LogP contribution in [0.4, 0.5) is 8.78 Å². The molecule has 5 nitrogen and oxygen atoms in total. The van der Waals surface area contributed by atoms with Crippen molar-refractivity contribution >= 4 is 29.9 Å². The van der Waals surface area contributed by atoms with Crippen LogP contribution in [0.15, 0.2) is 23.2 Å². The zero-order chi connectivity index (χ0) is 18.6. The van der Waals surface area contributed by atoms with Crippen LogP contribution < -0.4 is 14.8 Å². The van der Waals surface area contributed by atoms with Gasteiger partial charge in [-0.05, 0) is 48.8 Å². The Hall–Kier alpha value is -1.32. The molecule has 1 aromatic rings. The van der Waals surface area contributed by atoms with Gasteiger partial charge in [0, 0.05) is 26.7 Å². The molecule has 0 aromatic heterocycles. The first-order valence-corrected chi connectivity index (χ1v) is 9.12. The number of rotatable bonds is 6. The smallest absolute Gasteiger partial charge is 0.387 e. The van der Waals surface area contributed by atoms with Gasteiger partial charge in [-0.15, -0.1) is 24.0 Å². The summed E-state index contributed by atoms with van der Waals surface area (Å²) < 4.78 is 34.7. The van der Waals surface area contributed by atoms with Gasteiger partial charge in [-0.25, -0.2) is 0 Å². The lowest BCUT2D eigenvalue weighted by molar-refractivity contribution is -0.0512. The highest BCUT2D eigenvalue weighted by atomic mass is 127. The fraction of sp³-hybridized carbons (Fsp3) is 0.632. The summed E-state index contributed by atoms with van der Waals surface area (Å²) in [5.41, 5.74) is 1.43. The van der Waals surface area contributed by atoms with Gasteiger partial charge in [-0.2, -0.15) is 8.78 Å². The summed E-state index contributed by atoms with van der Waals surface area (Å²) in [5.74, 6) is 1.29. The highest BCUT2D eigenvalue weighted by Gasteiger charge is 2.43. The van der Waals surface area contributed by atoms with Crippen molar-refractivity contribution in [3.05, 3.63) is 23.8 Å². The third kappa shape index (κ3) is 5.36. The number of guanidine groups is 1. The van der Waals surface area contributed by atoms with Gasteiger partial charge in [-0.1, -0.05) is 12.5 Å². The Morgan fingerprint density at radius 2 is 2.07 bits per heavy atom. The Kier molecular flexibility index (Phi) is 7.93. The summed E-state index contributed by atoms with van der Waals surface area (Å²) >= 11 is 0. The van der Waals surface area contributed by atoms with Crippen LogP contribution in [0.1, 0.15) is 31.2 Å². The van der Waals surface area contributed by atoms with Crippen LogP contribution in [0.5, 0.6) is 11.5 Å². The lowest BCUT2D eigenvalue weighted by Crippen LogP contribution is -2.43. The molecule has 1 saturated heterocycles. The number of ether oxygens (including phenoxy) is 2. The van der Waals surface area contributed by atoms with Gasteiger partial charge in [-0.3, -0.25) is 4.99 Å². The van der Waals surface area contributed by atoms with Crippen LogP contribution >= 0.6 is 24.0 Å². The van der Waals surface area contributed by atoms with E-state index in [2.05, 4.69) is 19.9 Å². The highest BCUT2D eigenvalue weighted by Crippen LogP contribution is 2.47. The van der Waals surface area contributed by atoms with Crippen LogP contribution in [-0.4, -0.2) is 51.3 Å². The van der Waals surface area contributed by atoms with Crippen molar-refractivity contribution in [2.75, 3.05) is 33.8 Å². The van der Waals surface area contributed by atoms with E-state index < -0.39 is 6.61 Å². The van der Waals surface area contributed by atoms with Gasteiger partial charge in [0.2, 0.25) is 0 Å². The Bertz CT molecular complexity index is 654. The quantitative estimate of drug-likeness (QED) is 0.370. The Balaban J connectivity index is 0.00000261. The Labute approximate surface area is 176 Å². The summed E-state index contributed by atoms with van der Waals surface area (Å²) in [6, 6.07) is 5.12. The predicted molar refractivity (Wildman–Crippen MR) is 113 cm³/mol. The number of likely N-dealkylation sites (tertiary alicyclic amines) is 1. The van der Waals surface area contributed by atoms with Crippen molar-refractivity contribution in [1.29, 1.82) is 0 Å². The number of aliphatic imine (C=N–C) groups is 1. The first kappa shape index (κ1) is 22.0. The summed E-state index contributed by atoms with van der Waals surface area (Å²) in [4.78, 5) is 6.73. The number of halogens is 3. The van der Waals surface area contributed by atoms with Gasteiger partial charge in [0.1, 0.15) is 0 Å². The van der Waals surface area contributed by atoms with Crippen molar-refractivity contribution in [2.45, 2.75) is 38.7 Å². The predicted octanol–water partition coefficient (Wildman–Crippen LogP) is 3.91. The van der Waals surface area contributed by atoms with Crippen molar-refractivity contribution < 1.29 is 18.3 Å². The van der Waals surface area contributed by atoms with Crippen LogP contribution in [0.3, 0.4) is 0 Å². The van der Waals surface area contributed by atoms with Crippen molar-refractivity contribution in [1.82, 2.24) is 10.2 Å². The van der Waals surface area contributed by atoms with Crippen molar-refractivity contribution in [2.24, 2.45) is 10.4 Å². The molecule has 27 heavy (non-hydrogen) atoms. The second-order valence-corrected chi connectivity index (χ2v) is 7.11. The molecule has 1 aliphatic heterocycles. The fourth-order valence-corrected chi connectivity index (χ4v) is 3.92. The van der Waals surface area contributed by atoms with E-state index in [0.717, 1.165) is 24.6 Å². The van der Waals surface area contributed by atoms with Gasteiger partial charge in [0.05, 0.1) is 7.11 Å². The van der Waals surface area contributed by atoms with Crippen LogP contribution in [0, 0.1) is 5.41 Å². The van der Waals surface area contributed by atoms with Crippen molar-refractivity contribution in [3.63, 3.8) is 0 Å². The molecule has 1 N–H and O–H groups in total. The van der Waals surface area contributed by atoms with E-state index in [9.17, 15) is 8.78 Å². The maximum Gasteiger partial charge on any atom is 0.387 e. The third-order valence-corrected chi connectivity index (χ3v) is 5.50. The molecule has 0 bridgehead atoms. The molecule has 0 amide bonds. The molecular weight excluding hydrogens is 467 g/mol. The molecule has 1 heterocycles. The number of hydrogen-bond acceptors (Lipinski definition) is 3. The zero-order valence-corrected chi connectivity index (χ0v) is 18.2. The third-order valence-electron chi connectivity index (χ3n) is 5.50. The Morgan fingerprint density at radius 1 is 1.30 bits per heavy atom. The monoisotopic (exact) mass is 495 g/mol. The second kappa shape index (κ2) is 9.75. The molecule has 2 aliphatic rings. The first-order valence-electron chi connectivity index (χ1n) is 9.12. The zero-order valence-electron chi connectivity index (χ0n) is 15.8. The van der Waals surface area contributed by atoms with Gasteiger partial charge >= 0.3 is 6.61 Å². The van der Waals surface area contributed by atoms with Crippen LogP contribution in [0.25, 0.3) is 0 Å². The molecule has 1 aliphatic carbocycles. The minimum Gasteiger partial charge on any atom is -0.493 e. The molecule has 1 spiro atoms. The van der Waals surface area contributed by atoms with E-state index in [1.807, 2.05) is 6.07 Å². The summed E-state index contributed by atoms with van der Waals surface area (Å²) in [5, 5.41) is 3.39. The maximum absolute atomic E-state index is 12.5. The van der Waals surface area contributed by atoms with Crippen LogP contribution in [0.2, 0.25) is 0 Å². The largest absolute Gasteiger partial charge is 0.493 e. The number of benzene rings is 1. The molecule has 1 saturated carbocycles. The molecule has 0 unspecified atom stereocenters. The topological polar surface area (TPSA) is 46.1 Å². The van der Waals surface area contributed by atoms with E-state index in [1.165, 1.54) is 32.8 Å². The number of nitrogens with zero attached hydrogens (tertiary/aromatic N) is 2. The maximum atomic E-state index is 12.5. The van der Waals surface area contributed by atoms with E-state index in [4.69, 9.17) is 4.74 Å². The number of nitrogens with one attached hydrogen (secondary N) is 1. The normalized spacial score (nSPS) is 18.3. The number of methoxy groups -OCH3 is 1. The molecule has 8 heteroatoms. The van der Waals surface area contributed by atoms with Gasteiger partial charge in [0.25, 0.3) is 0 Å². The molecule has 3 rings (SSSR count). The van der Waals surface area contributed by atoms with E-state index in [1.54, 1.807) is 19.2 Å². The average Bonchev–Trinajstić information content (AvgIpc) is 3.04. The minimum absolute atomic E-state index is 0. The minimum atomic E-state index is -2.87. The lowest BCUT2D eigenvalue weighted by atomic mass is 9.68. The standard InChI is InChI=1S/C19H27F2N3O2.HI/c1-22-18(24-11-9-19(13-24)7-3-8-19)23-10-6-14-4-5-15(25-2)16(12-14)26-17(20)21;/h4-5,12,17H,3,6-11,13H2,1-2H3,(H,22,23);1H. The highest BCUT2D eigenvalue weighted by molar-refractivity contribution is 14.0. The molecule has 1 aromatic carbocycles. The summed E-state index contributed by atoms with van der Waals surface area (Å²) in [7, 11) is 3.24. The van der Waals surface area contributed by atoms with Gasteiger partial charge in [0.15, 0.2) is 17.5 Å². The fourth-order valence-electron chi connectivity index (χ4n) is 3.92. The molecule has 2 fully saturated rings. The second-order valence-electron chi connectivity index (χ2n) is 7.11. The SMILES string of the molecule is CN=C(NCCc1ccc(OC)c(OC(F)F)c1)N1CCC2(CCC2)C1.I. The molecular formula is C19H28F2IN3O2. The lowest BCUT2D eigenvalue weighted by Gasteiger charge is -2.38. The molecule has 152 valence electrons. The van der Waals surface area contributed by atoms with Gasteiger partial charge < -0.3 is 19.7 Å². The first-order chi connectivity index (χ1) is 12.5. The average molecular weight is 495 g/mol. The number of hydrogen-bond donors (Lipinski definition) is 1.